The Morgan fingerprint density at radius 2 is 1.78 bits per heavy atom. The summed E-state index contributed by atoms with van der Waals surface area (Å²) in [6.07, 6.45) is -0.664. The van der Waals surface area contributed by atoms with E-state index in [1.54, 1.807) is 36.4 Å². The Bertz CT molecular complexity index is 1030. The minimum absolute atomic E-state index is 0.140. The van der Waals surface area contributed by atoms with E-state index in [0.717, 1.165) is 16.0 Å². The average molecular weight is 463 g/mol. The molecule has 32 heavy (non-hydrogen) atoms. The number of quaternary nitrogens is 1. The van der Waals surface area contributed by atoms with Gasteiger partial charge in [0.05, 0.1) is 31.1 Å². The third kappa shape index (κ3) is 6.29. The largest absolute Gasteiger partial charge is 0.491 e. The zero-order valence-corrected chi connectivity index (χ0v) is 19.6. The van der Waals surface area contributed by atoms with E-state index in [-0.39, 0.29) is 12.5 Å². The lowest BCUT2D eigenvalue weighted by Gasteiger charge is -2.32. The number of nitrogens with one attached hydrogen (secondary N) is 2. The van der Waals surface area contributed by atoms with Gasteiger partial charge in [-0.05, 0) is 61.4 Å². The van der Waals surface area contributed by atoms with Crippen LogP contribution in [0.2, 0.25) is 0 Å². The predicted molar refractivity (Wildman–Crippen MR) is 122 cm³/mol. The number of amides is 1. The van der Waals surface area contributed by atoms with E-state index < -0.39 is 16.1 Å². The summed E-state index contributed by atoms with van der Waals surface area (Å²) in [5.74, 6) is 0.469. The highest BCUT2D eigenvalue weighted by atomic mass is 32.2. The number of sulfonamides is 1. The van der Waals surface area contributed by atoms with Crippen LogP contribution in [0.4, 0.5) is 5.69 Å². The number of piperazine rings is 1. The summed E-state index contributed by atoms with van der Waals surface area (Å²) >= 11 is 0. The van der Waals surface area contributed by atoms with Gasteiger partial charge in [0.15, 0.2) is 0 Å². The molecule has 8 nitrogen and oxygen atoms in total. The summed E-state index contributed by atoms with van der Waals surface area (Å²) in [6.45, 7) is 8.06. The number of aliphatic hydroxyl groups is 1. The first-order valence-electron chi connectivity index (χ1n) is 10.7. The van der Waals surface area contributed by atoms with E-state index in [4.69, 9.17) is 4.74 Å². The number of hydrogen-bond donors (Lipinski definition) is 3. The maximum absolute atomic E-state index is 12.9. The molecule has 2 aromatic carbocycles. The lowest BCUT2D eigenvalue weighted by atomic mass is 10.1. The molecule has 3 rings (SSSR count). The van der Waals surface area contributed by atoms with Gasteiger partial charge in [-0.3, -0.25) is 4.79 Å². The fourth-order valence-electron chi connectivity index (χ4n) is 3.69. The second-order valence-electron chi connectivity index (χ2n) is 8.27. The van der Waals surface area contributed by atoms with Crippen LogP contribution in [0.1, 0.15) is 18.1 Å². The summed E-state index contributed by atoms with van der Waals surface area (Å²) in [5.41, 5.74) is 2.71. The Kier molecular flexibility index (Phi) is 7.89. The van der Waals surface area contributed by atoms with Crippen molar-refractivity contribution < 1.29 is 28.0 Å². The highest BCUT2D eigenvalue weighted by Gasteiger charge is 2.31. The van der Waals surface area contributed by atoms with Crippen molar-refractivity contribution in [2.75, 3.05) is 44.6 Å². The molecule has 0 aromatic heterocycles. The number of benzene rings is 2. The second kappa shape index (κ2) is 10.4. The van der Waals surface area contributed by atoms with E-state index >= 15 is 0 Å². The molecule has 1 saturated heterocycles. The molecule has 0 unspecified atom stereocenters. The third-order valence-electron chi connectivity index (χ3n) is 5.69. The molecule has 174 valence electrons. The van der Waals surface area contributed by atoms with Gasteiger partial charge in [0.25, 0.3) is 0 Å². The smallest absolute Gasteiger partial charge is 0.243 e. The van der Waals surface area contributed by atoms with Crippen LogP contribution in [0, 0.1) is 13.8 Å². The maximum Gasteiger partial charge on any atom is 0.243 e. The van der Waals surface area contributed by atoms with Gasteiger partial charge >= 0.3 is 0 Å². The monoisotopic (exact) mass is 462 g/mol. The minimum atomic E-state index is -3.50. The van der Waals surface area contributed by atoms with Crippen LogP contribution < -0.4 is 15.0 Å². The maximum atomic E-state index is 12.9. The zero-order valence-electron chi connectivity index (χ0n) is 18.8. The molecule has 2 aromatic rings. The molecule has 0 bridgehead atoms. The number of nitrogens with zero attached hydrogens (tertiary/aromatic N) is 1. The van der Waals surface area contributed by atoms with Crippen LogP contribution in [0.25, 0.3) is 0 Å². The zero-order chi connectivity index (χ0) is 23.3. The quantitative estimate of drug-likeness (QED) is 0.533. The van der Waals surface area contributed by atoms with Crippen LogP contribution in [-0.4, -0.2) is 69.2 Å². The van der Waals surface area contributed by atoms with Crippen molar-refractivity contribution in [2.24, 2.45) is 0 Å². The molecular formula is C23H32N3O5S+. The highest BCUT2D eigenvalue weighted by molar-refractivity contribution is 7.89. The summed E-state index contributed by atoms with van der Waals surface area (Å²) in [7, 11) is -3.50. The Labute approximate surface area is 189 Å². The Balaban J connectivity index is 1.46. The Morgan fingerprint density at radius 1 is 1.12 bits per heavy atom. The molecule has 9 heteroatoms. The molecule has 1 aliphatic rings. The van der Waals surface area contributed by atoms with Gasteiger partial charge in [0.1, 0.15) is 25.0 Å². The Morgan fingerprint density at radius 3 is 2.38 bits per heavy atom. The van der Waals surface area contributed by atoms with E-state index in [1.165, 1.54) is 11.2 Å². The van der Waals surface area contributed by atoms with E-state index in [1.807, 2.05) is 19.9 Å². The number of rotatable bonds is 8. The van der Waals surface area contributed by atoms with Crippen LogP contribution in [-0.2, 0) is 14.8 Å². The van der Waals surface area contributed by atoms with E-state index in [9.17, 15) is 18.3 Å². The van der Waals surface area contributed by atoms with Gasteiger partial charge in [-0.15, -0.1) is 0 Å². The molecule has 1 atom stereocenters. The van der Waals surface area contributed by atoms with Crippen molar-refractivity contribution in [3.63, 3.8) is 0 Å². The van der Waals surface area contributed by atoms with Crippen molar-refractivity contribution in [1.82, 2.24) is 4.31 Å². The second-order valence-corrected chi connectivity index (χ2v) is 10.2. The van der Waals surface area contributed by atoms with Crippen LogP contribution in [0.15, 0.2) is 47.4 Å². The number of carbonyl (C=O) groups excluding carboxylic acids is 1. The van der Waals surface area contributed by atoms with Crippen LogP contribution in [0.5, 0.6) is 5.75 Å². The van der Waals surface area contributed by atoms with Crippen molar-refractivity contribution >= 4 is 21.6 Å². The van der Waals surface area contributed by atoms with Crippen molar-refractivity contribution in [3.8, 4) is 5.75 Å². The summed E-state index contributed by atoms with van der Waals surface area (Å²) in [6, 6.07) is 12.2. The molecule has 1 fully saturated rings. The SMILES string of the molecule is CC(=O)Nc1ccc(OC[C@@H](O)C[NH+]2CCN(S(=O)(=O)c3ccc(C)c(C)c3)CC2)cc1. The first-order valence-corrected chi connectivity index (χ1v) is 12.2. The number of aryl methyl sites for hydroxylation is 2. The molecule has 1 amide bonds. The summed E-state index contributed by atoms with van der Waals surface area (Å²) < 4.78 is 33.1. The van der Waals surface area contributed by atoms with Crippen LogP contribution in [0.3, 0.4) is 0 Å². The molecule has 1 aliphatic heterocycles. The first kappa shape index (κ1) is 24.2. The number of anilines is 1. The standard InChI is InChI=1S/C23H31N3O5S/c1-17-4-9-23(14-18(17)2)32(29,30)26-12-10-25(11-13-26)15-21(28)16-31-22-7-5-20(6-8-22)24-19(3)27/h4-9,14,21,28H,10-13,15-16H2,1-3H3,(H,24,27)/p+1/t21-/m0/s1. The Hall–Kier alpha value is -2.46. The van der Waals surface area contributed by atoms with Crippen LogP contribution >= 0.6 is 0 Å². The van der Waals surface area contributed by atoms with Gasteiger partial charge in [0.2, 0.25) is 15.9 Å². The van der Waals surface area contributed by atoms with Gasteiger partial charge < -0.3 is 20.1 Å². The van der Waals surface area contributed by atoms with E-state index in [2.05, 4.69) is 5.32 Å². The summed E-state index contributed by atoms with van der Waals surface area (Å²) in [4.78, 5) is 12.5. The van der Waals surface area contributed by atoms with Crippen molar-refractivity contribution in [3.05, 3.63) is 53.6 Å². The third-order valence-corrected chi connectivity index (χ3v) is 7.58. The first-order chi connectivity index (χ1) is 15.1. The molecule has 0 saturated carbocycles. The lowest BCUT2D eigenvalue weighted by molar-refractivity contribution is -0.906. The minimum Gasteiger partial charge on any atom is -0.491 e. The molecule has 0 spiro atoms. The van der Waals surface area contributed by atoms with Gasteiger partial charge in [-0.25, -0.2) is 8.42 Å². The fourth-order valence-corrected chi connectivity index (χ4v) is 5.22. The number of ether oxygens (including phenoxy) is 1. The fraction of sp³-hybridized carbons (Fsp3) is 0.435. The molecule has 0 radical (unpaired) electrons. The van der Waals surface area contributed by atoms with Crippen molar-refractivity contribution in [1.29, 1.82) is 0 Å². The van der Waals surface area contributed by atoms with Gasteiger partial charge in [-0.2, -0.15) is 4.31 Å². The highest BCUT2D eigenvalue weighted by Crippen LogP contribution is 2.19. The molecule has 0 aliphatic carbocycles. The molecule has 1 heterocycles. The molecular weight excluding hydrogens is 430 g/mol. The van der Waals surface area contributed by atoms with Gasteiger partial charge in [-0.1, -0.05) is 6.07 Å². The normalized spacial score (nSPS) is 16.5. The van der Waals surface area contributed by atoms with E-state index in [0.29, 0.717) is 49.1 Å². The van der Waals surface area contributed by atoms with Gasteiger partial charge in [0, 0.05) is 12.6 Å². The lowest BCUT2D eigenvalue weighted by Crippen LogP contribution is -3.15. The summed E-state index contributed by atoms with van der Waals surface area (Å²) in [5, 5.41) is 13.0. The average Bonchev–Trinajstić information content (AvgIpc) is 2.75. The predicted octanol–water partition coefficient (Wildman–Crippen LogP) is 0.591. The topological polar surface area (TPSA) is 100 Å². The number of carbonyl (C=O) groups is 1. The number of aliphatic hydroxyl groups excluding tert-OH is 1. The number of hydrogen-bond acceptors (Lipinski definition) is 5. The molecule has 3 N–H and O–H groups in total. The van der Waals surface area contributed by atoms with Crippen molar-refractivity contribution in [2.45, 2.75) is 31.8 Å².